The van der Waals surface area contributed by atoms with Gasteiger partial charge in [-0.25, -0.2) is 9.59 Å². The maximum absolute atomic E-state index is 11.8. The number of benzene rings is 1. The summed E-state index contributed by atoms with van der Waals surface area (Å²) in [6.07, 6.45) is 4.36. The highest BCUT2D eigenvalue weighted by Gasteiger charge is 2.24. The number of rotatable bonds is 5. The zero-order valence-corrected chi connectivity index (χ0v) is 12.6. The van der Waals surface area contributed by atoms with E-state index in [1.54, 1.807) is 0 Å². The van der Waals surface area contributed by atoms with E-state index in [9.17, 15) is 18.0 Å². The van der Waals surface area contributed by atoms with Crippen molar-refractivity contribution in [3.05, 3.63) is 35.4 Å². The van der Waals surface area contributed by atoms with Gasteiger partial charge in [0, 0.05) is 6.04 Å². The molecule has 1 aromatic carbocycles. The van der Waals surface area contributed by atoms with Crippen molar-refractivity contribution in [1.82, 2.24) is 4.72 Å². The molecule has 0 aliphatic heterocycles. The molecule has 1 aromatic rings. The van der Waals surface area contributed by atoms with Crippen LogP contribution in [0, 0.1) is 0 Å². The Kier molecular flexibility index (Phi) is 5.15. The maximum atomic E-state index is 11.8. The van der Waals surface area contributed by atoms with Crippen LogP contribution < -0.4 is 4.72 Å². The molecule has 7 nitrogen and oxygen atoms in total. The van der Waals surface area contributed by atoms with E-state index in [2.05, 4.69) is 8.91 Å². The number of nitrogens with one attached hydrogen (secondary N) is 1. The van der Waals surface area contributed by atoms with Crippen LogP contribution >= 0.6 is 0 Å². The summed E-state index contributed by atoms with van der Waals surface area (Å²) in [4.78, 5) is 22.7. The predicted molar refractivity (Wildman–Crippen MR) is 77.7 cm³/mol. The fourth-order valence-electron chi connectivity index (χ4n) is 2.38. The first kappa shape index (κ1) is 16.4. The summed E-state index contributed by atoms with van der Waals surface area (Å²) >= 11 is 0. The van der Waals surface area contributed by atoms with E-state index < -0.39 is 22.2 Å². The Morgan fingerprint density at radius 1 is 1.14 bits per heavy atom. The van der Waals surface area contributed by atoms with Gasteiger partial charge in [-0.05, 0) is 31.0 Å². The molecule has 1 aliphatic rings. The summed E-state index contributed by atoms with van der Waals surface area (Å²) in [7, 11) is -4.21. The van der Waals surface area contributed by atoms with Gasteiger partial charge in [0.2, 0.25) is 0 Å². The fraction of sp³-hybridized carbons (Fsp3) is 0.429. The molecule has 0 atom stereocenters. The number of hydrogen-bond donors (Lipinski definition) is 2. The number of carbonyl (C=O) groups excluding carboxylic acids is 1. The summed E-state index contributed by atoms with van der Waals surface area (Å²) in [5, 5.41) is 8.86. The van der Waals surface area contributed by atoms with Crippen LogP contribution in [0.2, 0.25) is 0 Å². The average Bonchev–Trinajstić information content (AvgIpc) is 2.47. The highest BCUT2D eigenvalue weighted by Crippen LogP contribution is 2.18. The minimum absolute atomic E-state index is 0.118. The highest BCUT2D eigenvalue weighted by molar-refractivity contribution is 7.85. The fourth-order valence-corrected chi connectivity index (χ4v) is 3.36. The molecule has 1 fully saturated rings. The van der Waals surface area contributed by atoms with Gasteiger partial charge in [-0.3, -0.25) is 0 Å². The Morgan fingerprint density at radius 2 is 1.77 bits per heavy atom. The summed E-state index contributed by atoms with van der Waals surface area (Å²) < 4.78 is 30.5. The van der Waals surface area contributed by atoms with Gasteiger partial charge in [-0.2, -0.15) is 13.1 Å². The second-order valence-electron chi connectivity index (χ2n) is 5.16. The Bertz CT molecular complexity index is 664. The molecule has 2 N–H and O–H groups in total. The monoisotopic (exact) mass is 327 g/mol. The molecule has 0 amide bonds. The quantitative estimate of drug-likeness (QED) is 0.852. The molecular formula is C14H17NO6S. The molecule has 120 valence electrons. The third-order valence-corrected chi connectivity index (χ3v) is 4.44. The molecule has 1 aliphatic carbocycles. The maximum Gasteiger partial charge on any atom is 0.385 e. The topological polar surface area (TPSA) is 110 Å². The third kappa shape index (κ3) is 4.54. The standard InChI is InChI=1S/C14H17NO6S/c16-13(17)10-5-4-6-11(9-10)14(18)21-22(19,20)15-12-7-2-1-3-8-12/h4-6,9,12,15H,1-3,7-8H2,(H,16,17). The lowest BCUT2D eigenvalue weighted by Crippen LogP contribution is -2.38. The summed E-state index contributed by atoms with van der Waals surface area (Å²) in [6.45, 7) is 0. The van der Waals surface area contributed by atoms with Gasteiger partial charge in [-0.15, -0.1) is 0 Å². The van der Waals surface area contributed by atoms with Crippen LogP contribution in [0.15, 0.2) is 24.3 Å². The second kappa shape index (κ2) is 6.89. The minimum Gasteiger partial charge on any atom is -0.478 e. The van der Waals surface area contributed by atoms with Gasteiger partial charge in [0.15, 0.2) is 0 Å². The first-order valence-corrected chi connectivity index (χ1v) is 8.37. The van der Waals surface area contributed by atoms with E-state index in [-0.39, 0.29) is 17.2 Å². The van der Waals surface area contributed by atoms with Gasteiger partial charge >= 0.3 is 22.2 Å². The average molecular weight is 327 g/mol. The molecule has 0 aromatic heterocycles. The summed E-state index contributed by atoms with van der Waals surface area (Å²) in [5.41, 5.74) is -0.249. The van der Waals surface area contributed by atoms with Gasteiger partial charge in [-0.1, -0.05) is 25.3 Å². The van der Waals surface area contributed by atoms with Crippen LogP contribution in [0.3, 0.4) is 0 Å². The van der Waals surface area contributed by atoms with Crippen molar-refractivity contribution in [2.75, 3.05) is 0 Å². The molecule has 2 rings (SSSR count). The van der Waals surface area contributed by atoms with Crippen molar-refractivity contribution in [2.45, 2.75) is 38.1 Å². The zero-order chi connectivity index (χ0) is 16.2. The molecule has 0 radical (unpaired) electrons. The Hall–Kier alpha value is -1.93. The van der Waals surface area contributed by atoms with Crippen LogP contribution in [0.4, 0.5) is 0 Å². The van der Waals surface area contributed by atoms with Crippen molar-refractivity contribution in [3.8, 4) is 0 Å². The number of carboxylic acids is 1. The molecule has 1 saturated carbocycles. The Balaban J connectivity index is 2.03. The number of carbonyl (C=O) groups is 2. The summed E-state index contributed by atoms with van der Waals surface area (Å²) in [6, 6.07) is 4.79. The zero-order valence-electron chi connectivity index (χ0n) is 11.8. The molecule has 0 saturated heterocycles. The summed E-state index contributed by atoms with van der Waals surface area (Å²) in [5.74, 6) is -2.32. The molecular weight excluding hydrogens is 310 g/mol. The lowest BCUT2D eigenvalue weighted by molar-refractivity contribution is 0.0697. The molecule has 8 heteroatoms. The van der Waals surface area contributed by atoms with E-state index in [0.717, 1.165) is 25.3 Å². The normalized spacial score (nSPS) is 16.2. The van der Waals surface area contributed by atoms with Crippen LogP contribution in [-0.4, -0.2) is 31.5 Å². The molecule has 0 heterocycles. The Morgan fingerprint density at radius 3 is 2.41 bits per heavy atom. The second-order valence-corrected chi connectivity index (χ2v) is 6.47. The first-order chi connectivity index (χ1) is 10.4. The molecule has 0 unspecified atom stereocenters. The van der Waals surface area contributed by atoms with Gasteiger partial charge in [0.25, 0.3) is 0 Å². The third-order valence-electron chi connectivity index (χ3n) is 3.45. The largest absolute Gasteiger partial charge is 0.478 e. The van der Waals surface area contributed by atoms with E-state index in [0.29, 0.717) is 12.8 Å². The van der Waals surface area contributed by atoms with Gasteiger partial charge < -0.3 is 9.29 Å². The van der Waals surface area contributed by atoms with E-state index in [1.165, 1.54) is 18.2 Å². The SMILES string of the molecule is O=C(O)c1cccc(C(=O)OS(=O)(=O)NC2CCCCC2)c1. The highest BCUT2D eigenvalue weighted by atomic mass is 32.2. The molecule has 0 bridgehead atoms. The lowest BCUT2D eigenvalue weighted by atomic mass is 9.96. The van der Waals surface area contributed by atoms with Crippen molar-refractivity contribution in [3.63, 3.8) is 0 Å². The lowest BCUT2D eigenvalue weighted by Gasteiger charge is -2.21. The van der Waals surface area contributed by atoms with Gasteiger partial charge in [0.05, 0.1) is 11.1 Å². The number of carboxylic acid groups (broad SMARTS) is 1. The number of hydrogen-bond acceptors (Lipinski definition) is 5. The van der Waals surface area contributed by atoms with Gasteiger partial charge in [0.1, 0.15) is 0 Å². The minimum atomic E-state index is -4.21. The van der Waals surface area contributed by atoms with E-state index in [1.807, 2.05) is 0 Å². The van der Waals surface area contributed by atoms with Crippen molar-refractivity contribution >= 4 is 22.2 Å². The van der Waals surface area contributed by atoms with Crippen molar-refractivity contribution < 1.29 is 27.3 Å². The number of aromatic carboxylic acids is 1. The van der Waals surface area contributed by atoms with Crippen LogP contribution in [0.25, 0.3) is 0 Å². The van der Waals surface area contributed by atoms with Crippen molar-refractivity contribution in [2.24, 2.45) is 0 Å². The van der Waals surface area contributed by atoms with Crippen LogP contribution in [0.5, 0.6) is 0 Å². The van der Waals surface area contributed by atoms with E-state index >= 15 is 0 Å². The van der Waals surface area contributed by atoms with E-state index in [4.69, 9.17) is 5.11 Å². The smallest absolute Gasteiger partial charge is 0.385 e. The Labute approximate surface area is 128 Å². The predicted octanol–water partition coefficient (Wildman–Crippen LogP) is 1.71. The van der Waals surface area contributed by atoms with Crippen molar-refractivity contribution in [1.29, 1.82) is 0 Å². The van der Waals surface area contributed by atoms with Crippen LogP contribution in [0.1, 0.15) is 52.8 Å². The first-order valence-electron chi connectivity index (χ1n) is 6.97. The van der Waals surface area contributed by atoms with Crippen LogP contribution in [-0.2, 0) is 14.5 Å². The molecule has 0 spiro atoms. The molecule has 22 heavy (non-hydrogen) atoms.